The number of allylic oxidation sites excluding steroid dienone is 5. The average molecular weight is 258 g/mol. The van der Waals surface area contributed by atoms with Crippen molar-refractivity contribution in [1.82, 2.24) is 0 Å². The van der Waals surface area contributed by atoms with Gasteiger partial charge in [-0.05, 0) is 36.1 Å². The fraction of sp³-hybridized carbons (Fsp3) is 0.100. The third-order valence-electron chi connectivity index (χ3n) is 3.56. The molecule has 2 aromatic carbocycles. The predicted molar refractivity (Wildman–Crippen MR) is 86.7 cm³/mol. The largest absolute Gasteiger partial charge is 0.0616 e. The Morgan fingerprint density at radius 2 is 1.20 bits per heavy atom. The molecule has 0 unspecified atom stereocenters. The minimum atomic E-state index is 1.28. The van der Waals surface area contributed by atoms with E-state index in [-0.39, 0.29) is 0 Å². The van der Waals surface area contributed by atoms with Gasteiger partial charge in [-0.3, -0.25) is 0 Å². The zero-order valence-electron chi connectivity index (χ0n) is 11.9. The highest BCUT2D eigenvalue weighted by atomic mass is 14.1. The summed E-state index contributed by atoms with van der Waals surface area (Å²) in [7, 11) is 0. The molecule has 0 saturated carbocycles. The number of benzene rings is 2. The Hall–Kier alpha value is -2.34. The molecule has 2 aromatic rings. The highest BCUT2D eigenvalue weighted by molar-refractivity contribution is 5.86. The number of hydrogen-bond acceptors (Lipinski definition) is 0. The van der Waals surface area contributed by atoms with Crippen LogP contribution in [0.5, 0.6) is 0 Å². The first-order valence-electron chi connectivity index (χ1n) is 6.97. The van der Waals surface area contributed by atoms with Gasteiger partial charge in [-0.15, -0.1) is 0 Å². The first kappa shape index (κ1) is 12.7. The maximum absolute atomic E-state index is 2.25. The Kier molecular flexibility index (Phi) is 3.39. The van der Waals surface area contributed by atoms with Crippen molar-refractivity contribution in [3.8, 4) is 0 Å². The predicted octanol–water partition coefficient (Wildman–Crippen LogP) is 5.23. The van der Waals surface area contributed by atoms with Gasteiger partial charge >= 0.3 is 0 Å². The molecule has 0 fully saturated rings. The van der Waals surface area contributed by atoms with Crippen LogP contribution in [-0.4, -0.2) is 0 Å². The third-order valence-corrected chi connectivity index (χ3v) is 3.56. The van der Waals surface area contributed by atoms with Gasteiger partial charge < -0.3 is 0 Å². The Morgan fingerprint density at radius 1 is 0.700 bits per heavy atom. The summed E-state index contributed by atoms with van der Waals surface area (Å²) in [6, 6.07) is 17.4. The number of aryl methyl sites for hydroxylation is 2. The van der Waals surface area contributed by atoms with E-state index in [4.69, 9.17) is 0 Å². The SMILES string of the molecule is Cc1cccc(C(=C2C=CC=C2)c2cccc(C)c2)c1. The van der Waals surface area contributed by atoms with Crippen LogP contribution in [0.2, 0.25) is 0 Å². The molecule has 20 heavy (non-hydrogen) atoms. The monoisotopic (exact) mass is 258 g/mol. The molecule has 0 radical (unpaired) electrons. The first-order chi connectivity index (χ1) is 9.74. The van der Waals surface area contributed by atoms with Gasteiger partial charge in [0.2, 0.25) is 0 Å². The average Bonchev–Trinajstić information content (AvgIpc) is 2.93. The fourth-order valence-electron chi connectivity index (χ4n) is 2.64. The van der Waals surface area contributed by atoms with Crippen LogP contribution in [0.1, 0.15) is 22.3 Å². The third kappa shape index (κ3) is 2.50. The first-order valence-corrected chi connectivity index (χ1v) is 6.97. The quantitative estimate of drug-likeness (QED) is 0.691. The number of hydrogen-bond donors (Lipinski definition) is 0. The molecular formula is C20H18. The fourth-order valence-corrected chi connectivity index (χ4v) is 2.64. The van der Waals surface area contributed by atoms with Gasteiger partial charge in [0.15, 0.2) is 0 Å². The summed E-state index contributed by atoms with van der Waals surface area (Å²) in [6.45, 7) is 4.28. The van der Waals surface area contributed by atoms with Crippen molar-refractivity contribution >= 4 is 5.57 Å². The highest BCUT2D eigenvalue weighted by Crippen LogP contribution is 2.30. The van der Waals surface area contributed by atoms with Gasteiger partial charge in [0, 0.05) is 0 Å². The van der Waals surface area contributed by atoms with Crippen molar-refractivity contribution in [1.29, 1.82) is 0 Å². The van der Waals surface area contributed by atoms with E-state index < -0.39 is 0 Å². The van der Waals surface area contributed by atoms with Crippen LogP contribution < -0.4 is 0 Å². The van der Waals surface area contributed by atoms with Gasteiger partial charge in [0.25, 0.3) is 0 Å². The Bertz CT molecular complexity index is 666. The van der Waals surface area contributed by atoms with Crippen LogP contribution in [-0.2, 0) is 0 Å². The zero-order chi connectivity index (χ0) is 13.9. The Labute approximate surface area is 120 Å². The summed E-state index contributed by atoms with van der Waals surface area (Å²) in [5.41, 5.74) is 7.73. The summed E-state index contributed by atoms with van der Waals surface area (Å²) in [5, 5.41) is 0. The second-order valence-electron chi connectivity index (χ2n) is 5.29. The normalized spacial score (nSPS) is 13.0. The highest BCUT2D eigenvalue weighted by Gasteiger charge is 2.10. The molecule has 1 aliphatic carbocycles. The lowest BCUT2D eigenvalue weighted by Gasteiger charge is -2.12. The smallest absolute Gasteiger partial charge is 0.00387 e. The molecule has 0 amide bonds. The molecule has 0 N–H and O–H groups in total. The number of rotatable bonds is 2. The summed E-state index contributed by atoms with van der Waals surface area (Å²) >= 11 is 0. The van der Waals surface area contributed by atoms with Gasteiger partial charge in [0.1, 0.15) is 0 Å². The lowest BCUT2D eigenvalue weighted by molar-refractivity contribution is 1.41. The molecule has 0 heterocycles. The molecule has 98 valence electrons. The lowest BCUT2D eigenvalue weighted by atomic mass is 9.92. The molecule has 0 nitrogen and oxygen atoms in total. The topological polar surface area (TPSA) is 0 Å². The van der Waals surface area contributed by atoms with Gasteiger partial charge in [0.05, 0.1) is 0 Å². The standard InChI is InChI=1S/C20H18/c1-15-7-5-11-18(13-15)20(17-9-3-4-10-17)19-12-6-8-16(2)14-19/h3-14H,1-2H3. The molecule has 0 saturated heterocycles. The van der Waals surface area contributed by atoms with E-state index in [0.717, 1.165) is 0 Å². The van der Waals surface area contributed by atoms with E-state index in [9.17, 15) is 0 Å². The maximum Gasteiger partial charge on any atom is -0.00387 e. The minimum Gasteiger partial charge on any atom is -0.0616 e. The zero-order valence-corrected chi connectivity index (χ0v) is 11.9. The molecular weight excluding hydrogens is 240 g/mol. The van der Waals surface area contributed by atoms with Gasteiger partial charge in [-0.25, -0.2) is 0 Å². The van der Waals surface area contributed by atoms with E-state index in [0.29, 0.717) is 0 Å². The van der Waals surface area contributed by atoms with Gasteiger partial charge in [-0.1, -0.05) is 84.0 Å². The van der Waals surface area contributed by atoms with E-state index in [1.807, 2.05) is 0 Å². The molecule has 0 heteroatoms. The molecule has 0 atom stereocenters. The minimum absolute atomic E-state index is 1.28. The van der Waals surface area contributed by atoms with Crippen molar-refractivity contribution in [2.45, 2.75) is 13.8 Å². The van der Waals surface area contributed by atoms with Crippen LogP contribution in [0.25, 0.3) is 5.57 Å². The van der Waals surface area contributed by atoms with E-state index in [2.05, 4.69) is 86.7 Å². The second kappa shape index (κ2) is 5.34. The molecule has 3 rings (SSSR count). The van der Waals surface area contributed by atoms with E-state index in [1.54, 1.807) is 0 Å². The molecule has 0 spiro atoms. The summed E-state index contributed by atoms with van der Waals surface area (Å²) in [5.74, 6) is 0. The maximum atomic E-state index is 2.25. The van der Waals surface area contributed by atoms with Gasteiger partial charge in [-0.2, -0.15) is 0 Å². The van der Waals surface area contributed by atoms with Crippen LogP contribution in [0.4, 0.5) is 0 Å². The van der Waals surface area contributed by atoms with Crippen molar-refractivity contribution < 1.29 is 0 Å². The summed E-state index contributed by atoms with van der Waals surface area (Å²) in [6.07, 6.45) is 8.56. The van der Waals surface area contributed by atoms with Crippen molar-refractivity contribution in [2.24, 2.45) is 0 Å². The molecule has 0 aliphatic heterocycles. The van der Waals surface area contributed by atoms with Crippen molar-refractivity contribution in [2.75, 3.05) is 0 Å². The summed E-state index contributed by atoms with van der Waals surface area (Å²) in [4.78, 5) is 0. The second-order valence-corrected chi connectivity index (χ2v) is 5.29. The van der Waals surface area contributed by atoms with Crippen LogP contribution in [0.3, 0.4) is 0 Å². The van der Waals surface area contributed by atoms with Crippen molar-refractivity contribution in [3.63, 3.8) is 0 Å². The van der Waals surface area contributed by atoms with Crippen molar-refractivity contribution in [3.05, 3.63) is 101 Å². The van der Waals surface area contributed by atoms with Crippen LogP contribution >= 0.6 is 0 Å². The Balaban J connectivity index is 2.23. The van der Waals surface area contributed by atoms with E-state index in [1.165, 1.54) is 33.4 Å². The van der Waals surface area contributed by atoms with Crippen LogP contribution in [0.15, 0.2) is 78.4 Å². The Morgan fingerprint density at radius 3 is 1.65 bits per heavy atom. The van der Waals surface area contributed by atoms with Crippen LogP contribution in [0, 0.1) is 13.8 Å². The summed E-state index contributed by atoms with van der Waals surface area (Å²) < 4.78 is 0. The molecule has 1 aliphatic rings. The van der Waals surface area contributed by atoms with E-state index >= 15 is 0 Å². The molecule has 0 bridgehead atoms. The lowest BCUT2D eigenvalue weighted by Crippen LogP contribution is -1.92. The molecule has 0 aromatic heterocycles.